The van der Waals surface area contributed by atoms with E-state index in [-0.39, 0.29) is 11.6 Å². The van der Waals surface area contributed by atoms with E-state index in [2.05, 4.69) is 15.5 Å². The molecule has 0 amide bonds. The van der Waals surface area contributed by atoms with Crippen LogP contribution in [0.15, 0.2) is 6.20 Å². The lowest BCUT2D eigenvalue weighted by Crippen LogP contribution is -2.41. The third kappa shape index (κ3) is 1.17. The molecule has 3 N–H and O–H groups in total. The van der Waals surface area contributed by atoms with E-state index < -0.39 is 0 Å². The van der Waals surface area contributed by atoms with Crippen LogP contribution in [0, 0.1) is 6.92 Å². The van der Waals surface area contributed by atoms with E-state index >= 15 is 0 Å². The van der Waals surface area contributed by atoms with Gasteiger partial charge in [0.15, 0.2) is 0 Å². The van der Waals surface area contributed by atoms with Crippen molar-refractivity contribution in [2.45, 2.75) is 31.9 Å². The Balaban J connectivity index is 2.39. The SMILES string of the molecule is Cc1[nH]ncc1C1(C)NCCC1O. The summed E-state index contributed by atoms with van der Waals surface area (Å²) in [7, 11) is 0. The second-order valence-corrected chi connectivity index (χ2v) is 3.84. The number of H-pyrrole nitrogens is 1. The maximum absolute atomic E-state index is 9.84. The molecule has 1 aromatic heterocycles. The maximum atomic E-state index is 9.84. The molecule has 1 aliphatic rings. The smallest absolute Gasteiger partial charge is 0.0774 e. The number of rotatable bonds is 1. The van der Waals surface area contributed by atoms with Crippen LogP contribution >= 0.6 is 0 Å². The van der Waals surface area contributed by atoms with Gasteiger partial charge in [0, 0.05) is 11.3 Å². The highest BCUT2D eigenvalue weighted by Gasteiger charge is 2.40. The fraction of sp³-hybridized carbons (Fsp3) is 0.667. The number of aryl methyl sites for hydroxylation is 1. The molecular weight excluding hydrogens is 166 g/mol. The first-order valence-electron chi connectivity index (χ1n) is 4.58. The first kappa shape index (κ1) is 8.72. The molecule has 1 saturated heterocycles. The molecule has 4 heteroatoms. The molecule has 2 unspecified atom stereocenters. The summed E-state index contributed by atoms with van der Waals surface area (Å²) in [5.74, 6) is 0. The lowest BCUT2D eigenvalue weighted by Gasteiger charge is -2.28. The van der Waals surface area contributed by atoms with E-state index in [9.17, 15) is 5.11 Å². The zero-order chi connectivity index (χ0) is 9.47. The standard InChI is InChI=1S/C9H15N3O/c1-6-7(5-11-12-6)9(2)8(13)3-4-10-9/h5,8,10,13H,3-4H2,1-2H3,(H,11,12). The third-order valence-electron chi connectivity index (χ3n) is 2.97. The van der Waals surface area contributed by atoms with Gasteiger partial charge in [-0.3, -0.25) is 5.10 Å². The zero-order valence-electron chi connectivity index (χ0n) is 7.96. The van der Waals surface area contributed by atoms with Gasteiger partial charge in [-0.15, -0.1) is 0 Å². The summed E-state index contributed by atoms with van der Waals surface area (Å²) >= 11 is 0. The largest absolute Gasteiger partial charge is 0.391 e. The molecule has 72 valence electrons. The molecule has 2 heterocycles. The quantitative estimate of drug-likeness (QED) is 0.583. The molecule has 13 heavy (non-hydrogen) atoms. The monoisotopic (exact) mass is 181 g/mol. The molecule has 0 spiro atoms. The van der Waals surface area contributed by atoms with E-state index in [4.69, 9.17) is 0 Å². The summed E-state index contributed by atoms with van der Waals surface area (Å²) in [5, 5.41) is 20.0. The van der Waals surface area contributed by atoms with E-state index in [1.54, 1.807) is 6.20 Å². The van der Waals surface area contributed by atoms with Crippen molar-refractivity contribution in [3.05, 3.63) is 17.5 Å². The van der Waals surface area contributed by atoms with Crippen LogP contribution in [0.1, 0.15) is 24.6 Å². The number of aromatic nitrogens is 2. The van der Waals surface area contributed by atoms with Crippen molar-refractivity contribution in [1.29, 1.82) is 0 Å². The van der Waals surface area contributed by atoms with Gasteiger partial charge in [0.2, 0.25) is 0 Å². The molecule has 1 aromatic rings. The second kappa shape index (κ2) is 2.82. The Morgan fingerprint density at radius 2 is 2.46 bits per heavy atom. The summed E-state index contributed by atoms with van der Waals surface area (Å²) in [5.41, 5.74) is 1.77. The van der Waals surface area contributed by atoms with Gasteiger partial charge < -0.3 is 10.4 Å². The Labute approximate surface area is 77.4 Å². The Kier molecular flexibility index (Phi) is 1.89. The van der Waals surface area contributed by atoms with Crippen molar-refractivity contribution < 1.29 is 5.11 Å². The van der Waals surface area contributed by atoms with Crippen LogP contribution in [0.2, 0.25) is 0 Å². The third-order valence-corrected chi connectivity index (χ3v) is 2.97. The number of nitrogens with one attached hydrogen (secondary N) is 2. The van der Waals surface area contributed by atoms with E-state index in [1.807, 2.05) is 13.8 Å². The van der Waals surface area contributed by atoms with Crippen LogP contribution in [-0.4, -0.2) is 28.0 Å². The van der Waals surface area contributed by atoms with Gasteiger partial charge in [0.25, 0.3) is 0 Å². The minimum atomic E-state index is -0.322. The molecule has 4 nitrogen and oxygen atoms in total. The van der Waals surface area contributed by atoms with E-state index in [0.717, 1.165) is 24.2 Å². The van der Waals surface area contributed by atoms with Gasteiger partial charge >= 0.3 is 0 Å². The van der Waals surface area contributed by atoms with Crippen molar-refractivity contribution in [3.8, 4) is 0 Å². The lowest BCUT2D eigenvalue weighted by molar-refractivity contribution is 0.107. The summed E-state index contributed by atoms with van der Waals surface area (Å²) in [6.45, 7) is 4.85. The summed E-state index contributed by atoms with van der Waals surface area (Å²) in [6, 6.07) is 0. The number of hydrogen-bond donors (Lipinski definition) is 3. The van der Waals surface area contributed by atoms with Crippen molar-refractivity contribution in [3.63, 3.8) is 0 Å². The van der Waals surface area contributed by atoms with Crippen LogP contribution in [0.3, 0.4) is 0 Å². The molecule has 0 aliphatic carbocycles. The topological polar surface area (TPSA) is 60.9 Å². The van der Waals surface area contributed by atoms with Gasteiger partial charge in [0.1, 0.15) is 0 Å². The number of nitrogens with zero attached hydrogens (tertiary/aromatic N) is 1. The minimum Gasteiger partial charge on any atom is -0.391 e. The van der Waals surface area contributed by atoms with Crippen LogP contribution in [0.4, 0.5) is 0 Å². The number of aromatic amines is 1. The van der Waals surface area contributed by atoms with Gasteiger partial charge in [0.05, 0.1) is 17.8 Å². The van der Waals surface area contributed by atoms with Gasteiger partial charge in [-0.25, -0.2) is 0 Å². The summed E-state index contributed by atoms with van der Waals surface area (Å²) in [4.78, 5) is 0. The maximum Gasteiger partial charge on any atom is 0.0774 e. The fourth-order valence-corrected chi connectivity index (χ4v) is 2.02. The predicted molar refractivity (Wildman–Crippen MR) is 49.3 cm³/mol. The zero-order valence-corrected chi connectivity index (χ0v) is 7.96. The minimum absolute atomic E-state index is 0.316. The molecule has 0 aromatic carbocycles. The average Bonchev–Trinajstić information content (AvgIpc) is 2.62. The second-order valence-electron chi connectivity index (χ2n) is 3.84. The molecular formula is C9H15N3O. The number of aliphatic hydroxyl groups excluding tert-OH is 1. The molecule has 0 saturated carbocycles. The van der Waals surface area contributed by atoms with Gasteiger partial charge in [-0.2, -0.15) is 5.10 Å². The van der Waals surface area contributed by atoms with E-state index in [1.165, 1.54) is 0 Å². The number of aliphatic hydroxyl groups is 1. The highest BCUT2D eigenvalue weighted by atomic mass is 16.3. The number of hydrogen-bond acceptors (Lipinski definition) is 3. The van der Waals surface area contributed by atoms with Crippen molar-refractivity contribution >= 4 is 0 Å². The van der Waals surface area contributed by atoms with Crippen molar-refractivity contribution in [2.24, 2.45) is 0 Å². The van der Waals surface area contributed by atoms with Crippen LogP contribution in [0.25, 0.3) is 0 Å². The fourth-order valence-electron chi connectivity index (χ4n) is 2.02. The molecule has 1 aliphatic heterocycles. The molecule has 2 rings (SSSR count). The van der Waals surface area contributed by atoms with E-state index in [0.29, 0.717) is 0 Å². The molecule has 1 fully saturated rings. The average molecular weight is 181 g/mol. The van der Waals surface area contributed by atoms with Crippen molar-refractivity contribution in [1.82, 2.24) is 15.5 Å². The van der Waals surface area contributed by atoms with Crippen molar-refractivity contribution in [2.75, 3.05) is 6.54 Å². The Hall–Kier alpha value is -0.870. The normalized spacial score (nSPS) is 33.9. The van der Waals surface area contributed by atoms with Gasteiger partial charge in [-0.1, -0.05) is 0 Å². The molecule has 0 radical (unpaired) electrons. The van der Waals surface area contributed by atoms with Crippen LogP contribution in [-0.2, 0) is 5.54 Å². The predicted octanol–water partition coefficient (Wildman–Crippen LogP) is 0.288. The van der Waals surface area contributed by atoms with Crippen LogP contribution in [0.5, 0.6) is 0 Å². The summed E-state index contributed by atoms with van der Waals surface area (Å²) in [6.07, 6.45) is 2.28. The Morgan fingerprint density at radius 3 is 2.92 bits per heavy atom. The Bertz CT molecular complexity index is 310. The highest BCUT2D eigenvalue weighted by Crippen LogP contribution is 2.31. The first-order chi connectivity index (χ1) is 6.14. The lowest BCUT2D eigenvalue weighted by atomic mass is 9.89. The van der Waals surface area contributed by atoms with Crippen LogP contribution < -0.4 is 5.32 Å². The van der Waals surface area contributed by atoms with Gasteiger partial charge in [-0.05, 0) is 26.8 Å². The highest BCUT2D eigenvalue weighted by molar-refractivity contribution is 5.27. The Morgan fingerprint density at radius 1 is 1.69 bits per heavy atom. The molecule has 2 atom stereocenters. The molecule has 0 bridgehead atoms. The first-order valence-corrected chi connectivity index (χ1v) is 4.58. The summed E-state index contributed by atoms with van der Waals surface area (Å²) < 4.78 is 0.